The van der Waals surface area contributed by atoms with E-state index in [0.29, 0.717) is 19.3 Å². The SMILES string of the molecule is CC/C=C\C/C=C\C/C=C\C/C=C\C/C=C\C/C=C\CCCCCCCCC(=O)OCC(COC(=O)CCCCCCC/C=C\CCCCC)OC(=O)CCCC/C=C\C/C=C\C/C=C\C/C=C\C/C=C\C/C=C\CC. The summed E-state index contributed by atoms with van der Waals surface area (Å²) in [6, 6.07) is 0. The van der Waals surface area contributed by atoms with Crippen LogP contribution in [0, 0.1) is 0 Å². The molecule has 0 spiro atoms. The van der Waals surface area contributed by atoms with Crippen molar-refractivity contribution >= 4 is 17.9 Å². The molecule has 0 saturated heterocycles. The second-order valence-corrected chi connectivity index (χ2v) is 19.5. The van der Waals surface area contributed by atoms with Crippen LogP contribution in [0.5, 0.6) is 0 Å². The Hall–Kier alpha value is -4.97. The molecule has 0 rings (SSSR count). The molecule has 0 heterocycles. The summed E-state index contributed by atoms with van der Waals surface area (Å²) in [4.78, 5) is 38.2. The summed E-state index contributed by atoms with van der Waals surface area (Å²) in [6.45, 7) is 6.32. The van der Waals surface area contributed by atoms with Gasteiger partial charge in [-0.2, -0.15) is 0 Å². The number of allylic oxidation sites excluding steroid dienone is 26. The van der Waals surface area contributed by atoms with Gasteiger partial charge in [-0.25, -0.2) is 0 Å². The number of hydrogen-bond donors (Lipinski definition) is 0. The predicted octanol–water partition coefficient (Wildman–Crippen LogP) is 20.9. The Bertz CT molecular complexity index is 1720. The van der Waals surface area contributed by atoms with Crippen LogP contribution in [0.3, 0.4) is 0 Å². The van der Waals surface area contributed by atoms with Crippen LogP contribution >= 0.6 is 0 Å². The lowest BCUT2D eigenvalue weighted by Gasteiger charge is -2.18. The highest BCUT2D eigenvalue weighted by Gasteiger charge is 2.19. The Labute approximate surface area is 467 Å². The lowest BCUT2D eigenvalue weighted by molar-refractivity contribution is -0.167. The fraction of sp³-hybridized carbons (Fsp3) is 0.586. The third-order valence-corrected chi connectivity index (χ3v) is 12.2. The van der Waals surface area contributed by atoms with E-state index >= 15 is 0 Å². The quantitative estimate of drug-likeness (QED) is 0.0261. The molecule has 0 bridgehead atoms. The Morgan fingerprint density at radius 2 is 0.513 bits per heavy atom. The van der Waals surface area contributed by atoms with E-state index < -0.39 is 6.10 Å². The van der Waals surface area contributed by atoms with E-state index in [-0.39, 0.29) is 37.5 Å². The van der Waals surface area contributed by atoms with Crippen molar-refractivity contribution in [3.8, 4) is 0 Å². The minimum absolute atomic E-state index is 0.112. The molecular formula is C70H110O6. The van der Waals surface area contributed by atoms with Gasteiger partial charge in [-0.3, -0.25) is 14.4 Å². The molecule has 426 valence electrons. The summed E-state index contributed by atoms with van der Waals surface area (Å²) >= 11 is 0. The van der Waals surface area contributed by atoms with Crippen molar-refractivity contribution in [1.29, 1.82) is 0 Å². The van der Waals surface area contributed by atoms with E-state index in [0.717, 1.165) is 154 Å². The van der Waals surface area contributed by atoms with Crippen molar-refractivity contribution in [3.05, 3.63) is 158 Å². The standard InChI is InChI=1S/C70H110O6/c1-4-7-10-13-16-19-22-25-27-29-31-33-34-35-36-38-39-41-43-45-48-51-54-57-60-63-69(72)75-66-67(65-74-68(71)62-59-56-53-50-47-24-21-18-15-12-9-6-3)76-70(73)64-61-58-55-52-49-46-44-42-40-37-32-30-28-26-23-20-17-14-11-8-5-2/h7-8,10-11,16-21,25-28,31-33,35-37,39,41-42,44,49,52,67H,4-6,9,12-15,22-24,29-30,34,38,40,43,45-48,50-51,53-66H2,1-3H3/b10-7-,11-8-,19-16-,20-17-,21-18-,27-25-,28-26-,33-31-,36-35-,37-32-,41-39-,44-42-,52-49-. The second-order valence-electron chi connectivity index (χ2n) is 19.5. The van der Waals surface area contributed by atoms with Gasteiger partial charge in [0.1, 0.15) is 13.2 Å². The van der Waals surface area contributed by atoms with Gasteiger partial charge >= 0.3 is 17.9 Å². The maximum atomic E-state index is 12.9. The van der Waals surface area contributed by atoms with E-state index in [1.54, 1.807) is 0 Å². The molecule has 6 nitrogen and oxygen atoms in total. The average molecular weight is 1050 g/mol. The van der Waals surface area contributed by atoms with Crippen molar-refractivity contribution in [2.45, 2.75) is 252 Å². The molecule has 0 aliphatic heterocycles. The monoisotopic (exact) mass is 1050 g/mol. The molecule has 76 heavy (non-hydrogen) atoms. The van der Waals surface area contributed by atoms with E-state index in [4.69, 9.17) is 14.2 Å². The molecule has 0 saturated carbocycles. The highest BCUT2D eigenvalue weighted by atomic mass is 16.6. The van der Waals surface area contributed by atoms with Gasteiger partial charge in [-0.1, -0.05) is 237 Å². The van der Waals surface area contributed by atoms with Crippen LogP contribution in [0.4, 0.5) is 0 Å². The number of carbonyl (C=O) groups is 3. The van der Waals surface area contributed by atoms with Gasteiger partial charge in [0, 0.05) is 19.3 Å². The molecule has 0 aromatic rings. The van der Waals surface area contributed by atoms with Gasteiger partial charge < -0.3 is 14.2 Å². The molecule has 1 unspecified atom stereocenters. The highest BCUT2D eigenvalue weighted by molar-refractivity contribution is 5.71. The Kier molecular flexibility index (Phi) is 58.5. The number of esters is 3. The van der Waals surface area contributed by atoms with Gasteiger partial charge in [-0.15, -0.1) is 0 Å². The van der Waals surface area contributed by atoms with Gasteiger partial charge in [0.05, 0.1) is 0 Å². The molecule has 0 aromatic carbocycles. The van der Waals surface area contributed by atoms with Gasteiger partial charge in [0.25, 0.3) is 0 Å². The Balaban J connectivity index is 4.48. The first-order valence-corrected chi connectivity index (χ1v) is 30.5. The maximum absolute atomic E-state index is 12.9. The summed E-state index contributed by atoms with van der Waals surface area (Å²) < 4.78 is 16.8. The molecule has 0 amide bonds. The summed E-state index contributed by atoms with van der Waals surface area (Å²) in [5.74, 6) is -0.985. The fourth-order valence-electron chi connectivity index (χ4n) is 7.74. The van der Waals surface area contributed by atoms with Crippen LogP contribution in [0.15, 0.2) is 158 Å². The summed E-state index contributed by atoms with van der Waals surface area (Å²) in [7, 11) is 0. The first-order valence-electron chi connectivity index (χ1n) is 30.5. The Morgan fingerprint density at radius 3 is 0.842 bits per heavy atom. The minimum Gasteiger partial charge on any atom is -0.462 e. The zero-order chi connectivity index (χ0) is 55.0. The summed E-state index contributed by atoms with van der Waals surface area (Å²) in [6.07, 6.45) is 90.9. The Morgan fingerprint density at radius 1 is 0.276 bits per heavy atom. The van der Waals surface area contributed by atoms with Gasteiger partial charge in [0.15, 0.2) is 6.10 Å². The largest absolute Gasteiger partial charge is 0.462 e. The minimum atomic E-state index is -0.819. The third-order valence-electron chi connectivity index (χ3n) is 12.2. The smallest absolute Gasteiger partial charge is 0.306 e. The number of unbranched alkanes of at least 4 members (excludes halogenated alkanes) is 16. The molecule has 0 aromatic heterocycles. The van der Waals surface area contributed by atoms with Crippen molar-refractivity contribution in [1.82, 2.24) is 0 Å². The highest BCUT2D eigenvalue weighted by Crippen LogP contribution is 2.13. The molecule has 0 N–H and O–H groups in total. The van der Waals surface area contributed by atoms with Crippen LogP contribution in [0.25, 0.3) is 0 Å². The maximum Gasteiger partial charge on any atom is 0.306 e. The van der Waals surface area contributed by atoms with Crippen molar-refractivity contribution in [2.24, 2.45) is 0 Å². The lowest BCUT2D eigenvalue weighted by atomic mass is 10.1. The molecule has 1 atom stereocenters. The summed E-state index contributed by atoms with van der Waals surface area (Å²) in [5.41, 5.74) is 0. The van der Waals surface area contributed by atoms with Crippen molar-refractivity contribution < 1.29 is 28.6 Å². The van der Waals surface area contributed by atoms with Crippen LogP contribution in [0.2, 0.25) is 0 Å². The first kappa shape index (κ1) is 71.0. The molecule has 0 radical (unpaired) electrons. The van der Waals surface area contributed by atoms with Gasteiger partial charge in [0.2, 0.25) is 0 Å². The van der Waals surface area contributed by atoms with Crippen molar-refractivity contribution in [2.75, 3.05) is 13.2 Å². The lowest BCUT2D eigenvalue weighted by Crippen LogP contribution is -2.30. The number of rotatable bonds is 53. The molecular weight excluding hydrogens is 937 g/mol. The number of carbonyl (C=O) groups excluding carboxylic acids is 3. The van der Waals surface area contributed by atoms with Crippen LogP contribution < -0.4 is 0 Å². The molecule has 0 fully saturated rings. The second kappa shape index (κ2) is 62.6. The van der Waals surface area contributed by atoms with E-state index in [1.165, 1.54) is 44.9 Å². The zero-order valence-corrected chi connectivity index (χ0v) is 48.7. The van der Waals surface area contributed by atoms with E-state index in [1.807, 2.05) is 0 Å². The topological polar surface area (TPSA) is 78.9 Å². The fourth-order valence-corrected chi connectivity index (χ4v) is 7.74. The average Bonchev–Trinajstić information content (AvgIpc) is 3.42. The number of ether oxygens (including phenoxy) is 3. The van der Waals surface area contributed by atoms with Crippen LogP contribution in [-0.4, -0.2) is 37.2 Å². The number of hydrogen-bond acceptors (Lipinski definition) is 6. The van der Waals surface area contributed by atoms with Gasteiger partial charge in [-0.05, 0) is 148 Å². The first-order chi connectivity index (χ1) is 37.5. The van der Waals surface area contributed by atoms with Crippen LogP contribution in [-0.2, 0) is 28.6 Å². The summed E-state index contributed by atoms with van der Waals surface area (Å²) in [5, 5.41) is 0. The van der Waals surface area contributed by atoms with Crippen molar-refractivity contribution in [3.63, 3.8) is 0 Å². The molecule has 0 aliphatic rings. The predicted molar refractivity (Wildman–Crippen MR) is 329 cm³/mol. The van der Waals surface area contributed by atoms with E-state index in [2.05, 4.69) is 179 Å². The van der Waals surface area contributed by atoms with E-state index in [9.17, 15) is 14.4 Å². The normalized spacial score (nSPS) is 13.2. The molecule has 6 heteroatoms. The zero-order valence-electron chi connectivity index (χ0n) is 48.7. The third kappa shape index (κ3) is 59.9. The molecule has 0 aliphatic carbocycles. The van der Waals surface area contributed by atoms with Crippen LogP contribution in [0.1, 0.15) is 245 Å².